The first-order chi connectivity index (χ1) is 19.0. The minimum absolute atomic E-state index is 0.0160. The maximum Gasteiger partial charge on any atom is 0.264 e. The highest BCUT2D eigenvalue weighted by Gasteiger charge is 2.32. The van der Waals surface area contributed by atoms with E-state index in [0.29, 0.717) is 24.5 Å². The lowest BCUT2D eigenvalue weighted by Gasteiger charge is -2.32. The number of rotatable bonds is 13. The van der Waals surface area contributed by atoms with Crippen LogP contribution in [0.15, 0.2) is 83.8 Å². The molecule has 214 valence electrons. The largest absolute Gasteiger partial charge is 0.494 e. The Kier molecular flexibility index (Phi) is 10.7. The molecule has 3 aromatic rings. The third-order valence-electron chi connectivity index (χ3n) is 6.16. The summed E-state index contributed by atoms with van der Waals surface area (Å²) in [7, 11) is -4.16. The number of ether oxygens (including phenoxy) is 1. The van der Waals surface area contributed by atoms with E-state index in [2.05, 4.69) is 5.32 Å². The minimum Gasteiger partial charge on any atom is -0.494 e. The molecule has 10 heteroatoms. The van der Waals surface area contributed by atoms with Gasteiger partial charge in [0.25, 0.3) is 10.0 Å². The van der Waals surface area contributed by atoms with Gasteiger partial charge in [-0.25, -0.2) is 12.8 Å². The molecule has 0 aliphatic carbocycles. The zero-order valence-corrected chi connectivity index (χ0v) is 24.0. The number of hydrogen-bond acceptors (Lipinski definition) is 5. The number of sulfonamides is 1. The highest BCUT2D eigenvalue weighted by atomic mass is 32.2. The summed E-state index contributed by atoms with van der Waals surface area (Å²) in [6.07, 6.45) is 0. The van der Waals surface area contributed by atoms with E-state index in [1.807, 2.05) is 20.8 Å². The maximum absolute atomic E-state index is 13.9. The standard InChI is InChI=1S/C30H36FN3O5S/c1-5-39-27-17-15-26(16-18-27)34(40(37,38)28-9-7-6-8-10-28)21-29(35)33(20-24-11-13-25(31)14-12-24)23(4)30(36)32-19-22(2)3/h6-18,22-23H,5,19-21H2,1-4H3,(H,32,36)/t23-/m0/s1. The first-order valence-corrected chi connectivity index (χ1v) is 14.6. The molecule has 0 spiro atoms. The third kappa shape index (κ3) is 8.05. The molecule has 0 heterocycles. The normalized spacial score (nSPS) is 12.1. The molecule has 3 aromatic carbocycles. The number of anilines is 1. The van der Waals surface area contributed by atoms with Crippen molar-refractivity contribution in [1.29, 1.82) is 0 Å². The molecule has 0 aliphatic heterocycles. The molecule has 1 atom stereocenters. The Hall–Kier alpha value is -3.92. The molecule has 0 aliphatic rings. The molecule has 0 radical (unpaired) electrons. The first-order valence-electron chi connectivity index (χ1n) is 13.1. The molecule has 8 nitrogen and oxygen atoms in total. The second kappa shape index (κ2) is 13.9. The molecule has 0 unspecified atom stereocenters. The molecular weight excluding hydrogens is 533 g/mol. The van der Waals surface area contributed by atoms with E-state index >= 15 is 0 Å². The van der Waals surface area contributed by atoms with Gasteiger partial charge in [0.2, 0.25) is 11.8 Å². The van der Waals surface area contributed by atoms with Crippen LogP contribution in [0.5, 0.6) is 5.75 Å². The average molecular weight is 570 g/mol. The van der Waals surface area contributed by atoms with Crippen LogP contribution in [0.1, 0.15) is 33.3 Å². The molecule has 3 rings (SSSR count). The second-order valence-electron chi connectivity index (χ2n) is 9.71. The van der Waals surface area contributed by atoms with Crippen molar-refractivity contribution in [3.63, 3.8) is 0 Å². The Balaban J connectivity index is 1.99. The summed E-state index contributed by atoms with van der Waals surface area (Å²) in [6, 6.07) is 18.9. The van der Waals surface area contributed by atoms with Crippen LogP contribution in [0, 0.1) is 11.7 Å². The van der Waals surface area contributed by atoms with Crippen molar-refractivity contribution in [2.45, 2.75) is 45.2 Å². The van der Waals surface area contributed by atoms with Crippen LogP contribution in [-0.2, 0) is 26.2 Å². The number of carbonyl (C=O) groups is 2. The lowest BCUT2D eigenvalue weighted by atomic mass is 10.1. The molecule has 1 N–H and O–H groups in total. The van der Waals surface area contributed by atoms with Crippen molar-refractivity contribution < 1.29 is 27.1 Å². The number of benzene rings is 3. The molecule has 2 amide bonds. The highest BCUT2D eigenvalue weighted by molar-refractivity contribution is 7.92. The number of halogens is 1. The quantitative estimate of drug-likeness (QED) is 0.324. The summed E-state index contributed by atoms with van der Waals surface area (Å²) in [5.74, 6) is -0.640. The van der Waals surface area contributed by atoms with E-state index < -0.39 is 34.3 Å². The van der Waals surface area contributed by atoms with Gasteiger partial charge in [0.1, 0.15) is 24.2 Å². The van der Waals surface area contributed by atoms with Crippen LogP contribution in [0.3, 0.4) is 0 Å². The Morgan fingerprint density at radius 1 is 0.925 bits per heavy atom. The number of hydrogen-bond donors (Lipinski definition) is 1. The smallest absolute Gasteiger partial charge is 0.264 e. The Morgan fingerprint density at radius 3 is 2.12 bits per heavy atom. The van der Waals surface area contributed by atoms with Crippen LogP contribution in [0.2, 0.25) is 0 Å². The molecule has 0 bridgehead atoms. The van der Waals surface area contributed by atoms with E-state index in [1.165, 1.54) is 41.3 Å². The van der Waals surface area contributed by atoms with E-state index in [0.717, 1.165) is 4.31 Å². The van der Waals surface area contributed by atoms with Gasteiger partial charge in [-0.3, -0.25) is 13.9 Å². The van der Waals surface area contributed by atoms with Crippen LogP contribution in [0.4, 0.5) is 10.1 Å². The maximum atomic E-state index is 13.9. The topological polar surface area (TPSA) is 96.0 Å². The van der Waals surface area contributed by atoms with Gasteiger partial charge >= 0.3 is 0 Å². The molecule has 0 saturated carbocycles. The number of amides is 2. The van der Waals surface area contributed by atoms with E-state index in [4.69, 9.17) is 4.74 Å². The summed E-state index contributed by atoms with van der Waals surface area (Å²) in [6.45, 7) is 7.62. The van der Waals surface area contributed by atoms with Crippen molar-refractivity contribution in [1.82, 2.24) is 10.2 Å². The van der Waals surface area contributed by atoms with Crippen LogP contribution in [0.25, 0.3) is 0 Å². The summed E-state index contributed by atoms with van der Waals surface area (Å²) in [5, 5.41) is 2.83. The third-order valence-corrected chi connectivity index (χ3v) is 7.95. The zero-order chi connectivity index (χ0) is 29.3. The Bertz CT molecular complexity index is 1360. The average Bonchev–Trinajstić information content (AvgIpc) is 2.95. The van der Waals surface area contributed by atoms with Crippen molar-refractivity contribution in [3.05, 3.63) is 90.2 Å². The fourth-order valence-electron chi connectivity index (χ4n) is 3.95. The predicted octanol–water partition coefficient (Wildman–Crippen LogP) is 4.61. The Labute approximate surface area is 235 Å². The van der Waals surface area contributed by atoms with E-state index in [9.17, 15) is 22.4 Å². The highest BCUT2D eigenvalue weighted by Crippen LogP contribution is 2.26. The Morgan fingerprint density at radius 2 is 1.55 bits per heavy atom. The van der Waals surface area contributed by atoms with Gasteiger partial charge in [0.15, 0.2) is 0 Å². The van der Waals surface area contributed by atoms with E-state index in [-0.39, 0.29) is 29.0 Å². The van der Waals surface area contributed by atoms with Crippen molar-refractivity contribution in [3.8, 4) is 5.75 Å². The fraction of sp³-hybridized carbons (Fsp3) is 0.333. The number of nitrogens with one attached hydrogen (secondary N) is 1. The summed E-state index contributed by atoms with van der Waals surface area (Å²) < 4.78 is 47.6. The zero-order valence-electron chi connectivity index (χ0n) is 23.2. The van der Waals surface area contributed by atoms with Crippen LogP contribution < -0.4 is 14.4 Å². The fourth-order valence-corrected chi connectivity index (χ4v) is 5.38. The molecular formula is C30H36FN3O5S. The lowest BCUT2D eigenvalue weighted by Crippen LogP contribution is -2.51. The predicted molar refractivity (Wildman–Crippen MR) is 153 cm³/mol. The summed E-state index contributed by atoms with van der Waals surface area (Å²) in [5.41, 5.74) is 0.857. The van der Waals surface area contributed by atoms with Gasteiger partial charge < -0.3 is 15.0 Å². The lowest BCUT2D eigenvalue weighted by molar-refractivity contribution is -0.139. The van der Waals surface area contributed by atoms with Gasteiger partial charge in [-0.05, 0) is 73.9 Å². The van der Waals surface area contributed by atoms with Gasteiger partial charge in [-0.1, -0.05) is 44.2 Å². The van der Waals surface area contributed by atoms with Gasteiger partial charge in [0.05, 0.1) is 17.2 Å². The second-order valence-corrected chi connectivity index (χ2v) is 11.6. The van der Waals surface area contributed by atoms with Crippen LogP contribution >= 0.6 is 0 Å². The van der Waals surface area contributed by atoms with E-state index in [1.54, 1.807) is 49.4 Å². The van der Waals surface area contributed by atoms with Crippen molar-refractivity contribution in [2.24, 2.45) is 5.92 Å². The van der Waals surface area contributed by atoms with Gasteiger partial charge in [-0.15, -0.1) is 0 Å². The van der Waals surface area contributed by atoms with Crippen LogP contribution in [-0.4, -0.2) is 50.9 Å². The minimum atomic E-state index is -4.16. The molecule has 0 saturated heterocycles. The summed E-state index contributed by atoms with van der Waals surface area (Å²) >= 11 is 0. The summed E-state index contributed by atoms with van der Waals surface area (Å²) in [4.78, 5) is 28.2. The monoisotopic (exact) mass is 569 g/mol. The first kappa shape index (κ1) is 30.6. The van der Waals surface area contributed by atoms with Crippen molar-refractivity contribution >= 4 is 27.5 Å². The molecule has 40 heavy (non-hydrogen) atoms. The number of nitrogens with zero attached hydrogens (tertiary/aromatic N) is 2. The number of carbonyl (C=O) groups excluding carboxylic acids is 2. The van der Waals surface area contributed by atoms with Gasteiger partial charge in [0, 0.05) is 13.1 Å². The molecule has 0 aromatic heterocycles. The van der Waals surface area contributed by atoms with Gasteiger partial charge in [-0.2, -0.15) is 0 Å². The van der Waals surface area contributed by atoms with Crippen molar-refractivity contribution in [2.75, 3.05) is 24.0 Å². The molecule has 0 fully saturated rings. The SMILES string of the molecule is CCOc1ccc(N(CC(=O)N(Cc2ccc(F)cc2)[C@@H](C)C(=O)NCC(C)C)S(=O)(=O)c2ccccc2)cc1.